The minimum Gasteiger partial charge on any atom is -0.0837 e. The van der Waals surface area contributed by atoms with Crippen LogP contribution in [0.1, 0.15) is 41.7 Å². The zero-order valence-corrected chi connectivity index (χ0v) is 18.1. The lowest BCUT2D eigenvalue weighted by Gasteiger charge is -2.10. The van der Waals surface area contributed by atoms with Crippen molar-refractivity contribution in [3.05, 3.63) is 105 Å². The van der Waals surface area contributed by atoms with Gasteiger partial charge in [0.05, 0.1) is 0 Å². The molecule has 0 saturated heterocycles. The van der Waals surface area contributed by atoms with Gasteiger partial charge in [0.2, 0.25) is 0 Å². The molecule has 1 heteroatoms. The number of hydrogen-bond donors (Lipinski definition) is 0. The molecule has 3 aromatic rings. The van der Waals surface area contributed by atoms with Crippen LogP contribution < -0.4 is 0 Å². The van der Waals surface area contributed by atoms with E-state index >= 15 is 0 Å². The maximum atomic E-state index is 6.10. The Kier molecular flexibility index (Phi) is 5.74. The number of hydrogen-bond acceptors (Lipinski definition) is 0. The van der Waals surface area contributed by atoms with Gasteiger partial charge >= 0.3 is 0 Å². The molecule has 2 aliphatic rings. The molecule has 0 aromatic heterocycles. The molecule has 29 heavy (non-hydrogen) atoms. The smallest absolute Gasteiger partial charge is 0.0481 e. The number of benzene rings is 3. The second-order valence-corrected chi connectivity index (χ2v) is 8.57. The molecule has 0 radical (unpaired) electrons. The second kappa shape index (κ2) is 8.43. The average Bonchev–Trinajstić information content (AvgIpc) is 3.36. The summed E-state index contributed by atoms with van der Waals surface area (Å²) in [5.74, 6) is 0.628. The highest BCUT2D eigenvalue weighted by atomic mass is 35.5. The fraction of sp³-hybridized carbons (Fsp3) is 0.214. The Bertz CT molecular complexity index is 1100. The highest BCUT2D eigenvalue weighted by Crippen LogP contribution is 2.34. The number of allylic oxidation sites excluding steroid dienone is 2. The Hall–Kier alpha value is -2.57. The van der Waals surface area contributed by atoms with Gasteiger partial charge in [-0.1, -0.05) is 104 Å². The van der Waals surface area contributed by atoms with Crippen LogP contribution in [0, 0.1) is 12.8 Å². The van der Waals surface area contributed by atoms with Crippen LogP contribution in [0.4, 0.5) is 0 Å². The minimum absolute atomic E-state index is 0.628. The van der Waals surface area contributed by atoms with Crippen molar-refractivity contribution < 1.29 is 0 Å². The number of halogens is 1. The summed E-state index contributed by atoms with van der Waals surface area (Å²) in [6.45, 7) is 6.63. The van der Waals surface area contributed by atoms with E-state index in [1.54, 1.807) is 0 Å². The molecule has 5 rings (SSSR count). The summed E-state index contributed by atoms with van der Waals surface area (Å²) in [5.41, 5.74) is 11.0. The van der Waals surface area contributed by atoms with Crippen LogP contribution >= 0.6 is 11.6 Å². The van der Waals surface area contributed by atoms with Crippen molar-refractivity contribution in [3.8, 4) is 11.1 Å². The van der Waals surface area contributed by atoms with Gasteiger partial charge in [-0.15, -0.1) is 0 Å². The van der Waals surface area contributed by atoms with Gasteiger partial charge in [0.1, 0.15) is 0 Å². The van der Waals surface area contributed by atoms with E-state index in [9.17, 15) is 0 Å². The molecule has 0 aliphatic heterocycles. The Labute approximate surface area is 179 Å². The van der Waals surface area contributed by atoms with Crippen molar-refractivity contribution in [2.75, 3.05) is 0 Å². The molecule has 0 saturated carbocycles. The summed E-state index contributed by atoms with van der Waals surface area (Å²) in [4.78, 5) is 0. The summed E-state index contributed by atoms with van der Waals surface area (Å²) >= 11 is 6.10. The van der Waals surface area contributed by atoms with Gasteiger partial charge in [0.15, 0.2) is 0 Å². The van der Waals surface area contributed by atoms with Crippen molar-refractivity contribution in [3.63, 3.8) is 0 Å². The van der Waals surface area contributed by atoms with E-state index in [2.05, 4.69) is 87.5 Å². The van der Waals surface area contributed by atoms with E-state index in [0.29, 0.717) is 5.92 Å². The van der Waals surface area contributed by atoms with Gasteiger partial charge in [-0.2, -0.15) is 0 Å². The van der Waals surface area contributed by atoms with Crippen LogP contribution in [-0.4, -0.2) is 0 Å². The van der Waals surface area contributed by atoms with E-state index < -0.39 is 0 Å². The largest absolute Gasteiger partial charge is 0.0837 e. The van der Waals surface area contributed by atoms with E-state index in [1.165, 1.54) is 44.5 Å². The minimum atomic E-state index is 0.628. The summed E-state index contributed by atoms with van der Waals surface area (Å²) in [6.07, 6.45) is 8.88. The van der Waals surface area contributed by atoms with Crippen LogP contribution in [0.15, 0.2) is 72.3 Å². The lowest BCUT2D eigenvalue weighted by Crippen LogP contribution is -1.92. The molecule has 0 heterocycles. The van der Waals surface area contributed by atoms with Gasteiger partial charge in [-0.05, 0) is 70.7 Å². The van der Waals surface area contributed by atoms with Crippen LogP contribution in [0.2, 0.25) is 5.02 Å². The maximum absolute atomic E-state index is 6.10. The third-order valence-electron chi connectivity index (χ3n) is 5.86. The molecule has 3 aromatic carbocycles. The molecule has 0 N–H and O–H groups in total. The van der Waals surface area contributed by atoms with Gasteiger partial charge in [-0.3, -0.25) is 0 Å². The predicted molar refractivity (Wildman–Crippen MR) is 127 cm³/mol. The number of aryl methyl sites for hydroxylation is 1. The Balaban J connectivity index is 0.000000145. The molecule has 0 bridgehead atoms. The summed E-state index contributed by atoms with van der Waals surface area (Å²) in [5, 5.41) is 0.883. The van der Waals surface area contributed by atoms with Gasteiger partial charge in [-0.25, -0.2) is 0 Å². The zero-order chi connectivity index (χ0) is 20.4. The molecule has 0 spiro atoms. The van der Waals surface area contributed by atoms with E-state index in [4.69, 9.17) is 11.6 Å². The molecule has 0 fully saturated rings. The lowest BCUT2D eigenvalue weighted by atomic mass is 9.94. The molecule has 2 aliphatic carbocycles. The molecule has 0 nitrogen and oxygen atoms in total. The Morgan fingerprint density at radius 2 is 1.52 bits per heavy atom. The normalized spacial score (nSPS) is 13.6. The molecular formula is C28H27Cl. The zero-order valence-electron chi connectivity index (χ0n) is 17.4. The predicted octanol–water partition coefficient (Wildman–Crippen LogP) is 8.17. The third kappa shape index (κ3) is 4.09. The van der Waals surface area contributed by atoms with Crippen LogP contribution in [0.5, 0.6) is 0 Å². The molecule has 0 unspecified atom stereocenters. The van der Waals surface area contributed by atoms with Crippen molar-refractivity contribution in [1.82, 2.24) is 0 Å². The number of rotatable bonds is 2. The monoisotopic (exact) mass is 398 g/mol. The van der Waals surface area contributed by atoms with Crippen LogP contribution in [0.3, 0.4) is 0 Å². The summed E-state index contributed by atoms with van der Waals surface area (Å²) < 4.78 is 0. The molecule has 146 valence electrons. The first-order valence-corrected chi connectivity index (χ1v) is 10.7. The van der Waals surface area contributed by atoms with E-state index in [0.717, 1.165) is 17.9 Å². The first-order valence-electron chi connectivity index (χ1n) is 10.4. The average molecular weight is 399 g/mol. The van der Waals surface area contributed by atoms with Crippen molar-refractivity contribution in [2.24, 2.45) is 5.92 Å². The second-order valence-electron chi connectivity index (χ2n) is 8.16. The van der Waals surface area contributed by atoms with Crippen LogP contribution in [0.25, 0.3) is 23.3 Å². The summed E-state index contributed by atoms with van der Waals surface area (Å²) in [7, 11) is 0. The summed E-state index contributed by atoms with van der Waals surface area (Å²) in [6, 6.07) is 21.3. The Morgan fingerprint density at radius 3 is 2.28 bits per heavy atom. The molecular weight excluding hydrogens is 372 g/mol. The molecule has 0 atom stereocenters. The van der Waals surface area contributed by atoms with Gasteiger partial charge in [0.25, 0.3) is 0 Å². The van der Waals surface area contributed by atoms with Crippen LogP contribution in [-0.2, 0) is 12.8 Å². The quantitative estimate of drug-likeness (QED) is 0.408. The number of fused-ring (bicyclic) bond motifs is 2. The SMILES string of the molecule is CC(C)C1=Cc2c(Cl)cccc2C1.Cc1ccccc1-c1cccc2c1C=CC2. The third-order valence-corrected chi connectivity index (χ3v) is 6.19. The van der Waals surface area contributed by atoms with Gasteiger partial charge in [0, 0.05) is 5.02 Å². The fourth-order valence-electron chi connectivity index (χ4n) is 4.13. The fourth-order valence-corrected chi connectivity index (χ4v) is 4.37. The first kappa shape index (κ1) is 19.7. The highest BCUT2D eigenvalue weighted by molar-refractivity contribution is 6.32. The van der Waals surface area contributed by atoms with Gasteiger partial charge < -0.3 is 0 Å². The highest BCUT2D eigenvalue weighted by Gasteiger charge is 2.16. The van der Waals surface area contributed by atoms with E-state index in [1.807, 2.05) is 12.1 Å². The topological polar surface area (TPSA) is 0 Å². The van der Waals surface area contributed by atoms with Crippen molar-refractivity contribution in [1.29, 1.82) is 0 Å². The lowest BCUT2D eigenvalue weighted by molar-refractivity contribution is 0.754. The van der Waals surface area contributed by atoms with E-state index in [-0.39, 0.29) is 0 Å². The maximum Gasteiger partial charge on any atom is 0.0481 e. The van der Waals surface area contributed by atoms with Crippen molar-refractivity contribution >= 4 is 23.8 Å². The van der Waals surface area contributed by atoms with Crippen molar-refractivity contribution in [2.45, 2.75) is 33.6 Å². The molecule has 0 amide bonds. The first-order chi connectivity index (χ1) is 14.0. The Morgan fingerprint density at radius 1 is 0.793 bits per heavy atom. The standard InChI is InChI=1S/C16H14.C12H13Cl/c1-12-6-2-3-9-14(12)16-11-5-8-13-7-4-10-15(13)16;1-8(2)10-6-9-4-3-5-12(13)11(9)7-10/h2-6,8-11H,7H2,1H3;3-5,7-8H,6H2,1-2H3.